The lowest BCUT2D eigenvalue weighted by Crippen LogP contribution is -2.27. The van der Waals surface area contributed by atoms with Gasteiger partial charge in [0.15, 0.2) is 0 Å². The van der Waals surface area contributed by atoms with Gasteiger partial charge in [0.1, 0.15) is 5.82 Å². The standard InChI is InChI=1S/C15H21N3/c1-15(2,9-16)11-6-7-12-13(8-11)18-14(17-12)10-4-3-5-10/h6-8,10H,3-5,9,16H2,1-2H3,(H,17,18). The van der Waals surface area contributed by atoms with Crippen molar-refractivity contribution >= 4 is 11.0 Å². The average Bonchev–Trinajstić information content (AvgIpc) is 2.68. The molecule has 0 atom stereocenters. The van der Waals surface area contributed by atoms with Gasteiger partial charge in [-0.25, -0.2) is 4.98 Å². The van der Waals surface area contributed by atoms with Crippen molar-refractivity contribution in [2.75, 3.05) is 6.54 Å². The van der Waals surface area contributed by atoms with Gasteiger partial charge < -0.3 is 10.7 Å². The van der Waals surface area contributed by atoms with E-state index in [0.29, 0.717) is 12.5 Å². The molecule has 1 aromatic heterocycles. The van der Waals surface area contributed by atoms with Crippen LogP contribution in [0.15, 0.2) is 18.2 Å². The number of aromatic nitrogens is 2. The molecule has 3 N–H and O–H groups in total. The van der Waals surface area contributed by atoms with Gasteiger partial charge in [0, 0.05) is 17.9 Å². The zero-order valence-electron chi connectivity index (χ0n) is 11.2. The summed E-state index contributed by atoms with van der Waals surface area (Å²) in [5.74, 6) is 1.82. The van der Waals surface area contributed by atoms with Gasteiger partial charge in [0.2, 0.25) is 0 Å². The summed E-state index contributed by atoms with van der Waals surface area (Å²) in [6.07, 6.45) is 3.90. The van der Waals surface area contributed by atoms with Gasteiger partial charge in [-0.3, -0.25) is 0 Å². The second-order valence-electron chi connectivity index (χ2n) is 6.07. The van der Waals surface area contributed by atoms with Crippen LogP contribution >= 0.6 is 0 Å². The Labute approximate surface area is 108 Å². The quantitative estimate of drug-likeness (QED) is 0.870. The minimum absolute atomic E-state index is 0.0237. The van der Waals surface area contributed by atoms with E-state index in [1.807, 2.05) is 0 Å². The third kappa shape index (κ3) is 1.83. The molecule has 0 radical (unpaired) electrons. The molecule has 2 aromatic rings. The highest BCUT2D eigenvalue weighted by molar-refractivity contribution is 5.76. The predicted octanol–water partition coefficient (Wildman–Crippen LogP) is 3.07. The molecule has 1 fully saturated rings. The number of aromatic amines is 1. The van der Waals surface area contributed by atoms with E-state index in [1.165, 1.54) is 30.7 Å². The van der Waals surface area contributed by atoms with E-state index >= 15 is 0 Å². The van der Waals surface area contributed by atoms with Crippen molar-refractivity contribution in [2.45, 2.75) is 44.4 Å². The van der Waals surface area contributed by atoms with E-state index in [4.69, 9.17) is 10.7 Å². The van der Waals surface area contributed by atoms with Gasteiger partial charge in [0.25, 0.3) is 0 Å². The topological polar surface area (TPSA) is 54.7 Å². The minimum Gasteiger partial charge on any atom is -0.342 e. The fourth-order valence-electron chi connectivity index (χ4n) is 2.44. The fourth-order valence-corrected chi connectivity index (χ4v) is 2.44. The molecule has 3 heteroatoms. The summed E-state index contributed by atoms with van der Waals surface area (Å²) in [6.45, 7) is 5.01. The van der Waals surface area contributed by atoms with Crippen molar-refractivity contribution in [3.8, 4) is 0 Å². The lowest BCUT2D eigenvalue weighted by molar-refractivity contribution is 0.405. The first-order chi connectivity index (χ1) is 8.60. The lowest BCUT2D eigenvalue weighted by atomic mass is 9.85. The molecule has 0 aliphatic heterocycles. The Morgan fingerprint density at radius 2 is 2.17 bits per heavy atom. The van der Waals surface area contributed by atoms with Gasteiger partial charge in [0.05, 0.1) is 11.0 Å². The fraction of sp³-hybridized carbons (Fsp3) is 0.533. The summed E-state index contributed by atoms with van der Waals surface area (Å²) < 4.78 is 0. The van der Waals surface area contributed by atoms with Crippen LogP contribution in [0.3, 0.4) is 0 Å². The summed E-state index contributed by atoms with van der Waals surface area (Å²) in [4.78, 5) is 8.18. The van der Waals surface area contributed by atoms with Crippen LogP contribution in [0.5, 0.6) is 0 Å². The average molecular weight is 243 g/mol. The van der Waals surface area contributed by atoms with Gasteiger partial charge >= 0.3 is 0 Å². The Morgan fingerprint density at radius 3 is 2.78 bits per heavy atom. The van der Waals surface area contributed by atoms with Gasteiger partial charge in [-0.15, -0.1) is 0 Å². The molecule has 0 amide bonds. The molecule has 0 saturated heterocycles. The molecule has 18 heavy (non-hydrogen) atoms. The molecule has 1 saturated carbocycles. The Morgan fingerprint density at radius 1 is 1.39 bits per heavy atom. The van der Waals surface area contributed by atoms with E-state index in [0.717, 1.165) is 11.0 Å². The largest absolute Gasteiger partial charge is 0.342 e. The molecule has 0 unspecified atom stereocenters. The third-order valence-corrected chi connectivity index (χ3v) is 4.28. The molecule has 1 heterocycles. The van der Waals surface area contributed by atoms with Crippen molar-refractivity contribution in [3.63, 3.8) is 0 Å². The number of nitrogens with zero attached hydrogens (tertiary/aromatic N) is 1. The van der Waals surface area contributed by atoms with Crippen LogP contribution in [-0.4, -0.2) is 16.5 Å². The zero-order valence-corrected chi connectivity index (χ0v) is 11.2. The van der Waals surface area contributed by atoms with E-state index in [2.05, 4.69) is 37.0 Å². The normalized spacial score (nSPS) is 17.1. The molecule has 1 aliphatic carbocycles. The van der Waals surface area contributed by atoms with Crippen LogP contribution in [0.1, 0.15) is 50.4 Å². The lowest BCUT2D eigenvalue weighted by Gasteiger charge is -2.23. The van der Waals surface area contributed by atoms with Crippen LogP contribution in [0.25, 0.3) is 11.0 Å². The van der Waals surface area contributed by atoms with Gasteiger partial charge in [-0.2, -0.15) is 0 Å². The monoisotopic (exact) mass is 243 g/mol. The number of H-pyrrole nitrogens is 1. The maximum atomic E-state index is 5.84. The zero-order chi connectivity index (χ0) is 12.8. The number of fused-ring (bicyclic) bond motifs is 1. The molecular weight excluding hydrogens is 222 g/mol. The van der Waals surface area contributed by atoms with Crippen molar-refractivity contribution in [1.29, 1.82) is 0 Å². The highest BCUT2D eigenvalue weighted by Crippen LogP contribution is 2.36. The maximum absolute atomic E-state index is 5.84. The summed E-state index contributed by atoms with van der Waals surface area (Å²) in [6, 6.07) is 6.47. The number of hydrogen-bond donors (Lipinski definition) is 2. The molecule has 1 aromatic carbocycles. The van der Waals surface area contributed by atoms with Crippen molar-refractivity contribution in [3.05, 3.63) is 29.6 Å². The minimum atomic E-state index is 0.0237. The number of benzene rings is 1. The highest BCUT2D eigenvalue weighted by Gasteiger charge is 2.23. The smallest absolute Gasteiger partial charge is 0.110 e. The molecule has 96 valence electrons. The summed E-state index contributed by atoms with van der Waals surface area (Å²) >= 11 is 0. The predicted molar refractivity (Wildman–Crippen MR) is 74.8 cm³/mol. The molecule has 0 spiro atoms. The third-order valence-electron chi connectivity index (χ3n) is 4.28. The van der Waals surface area contributed by atoms with E-state index in [9.17, 15) is 0 Å². The molecule has 0 bridgehead atoms. The molecule has 1 aliphatic rings. The maximum Gasteiger partial charge on any atom is 0.110 e. The van der Waals surface area contributed by atoms with Gasteiger partial charge in [-0.05, 0) is 30.5 Å². The van der Waals surface area contributed by atoms with Crippen molar-refractivity contribution in [1.82, 2.24) is 9.97 Å². The second-order valence-corrected chi connectivity index (χ2v) is 6.07. The van der Waals surface area contributed by atoms with E-state index in [1.54, 1.807) is 0 Å². The van der Waals surface area contributed by atoms with Crippen LogP contribution in [0.2, 0.25) is 0 Å². The number of imidazole rings is 1. The number of nitrogens with two attached hydrogens (primary N) is 1. The Balaban J connectivity index is 2.01. The van der Waals surface area contributed by atoms with Crippen LogP contribution < -0.4 is 5.73 Å². The SMILES string of the molecule is CC(C)(CN)c1ccc2nc(C3CCC3)[nH]c2c1. The Hall–Kier alpha value is -1.35. The van der Waals surface area contributed by atoms with Gasteiger partial charge in [-0.1, -0.05) is 26.3 Å². The van der Waals surface area contributed by atoms with Crippen LogP contribution in [-0.2, 0) is 5.41 Å². The molecule has 3 rings (SSSR count). The number of hydrogen-bond acceptors (Lipinski definition) is 2. The highest BCUT2D eigenvalue weighted by atomic mass is 14.9. The number of nitrogens with one attached hydrogen (secondary N) is 1. The second kappa shape index (κ2) is 4.09. The summed E-state index contributed by atoms with van der Waals surface area (Å²) in [5.41, 5.74) is 9.37. The first kappa shape index (κ1) is 11.7. The first-order valence-corrected chi connectivity index (χ1v) is 6.80. The van der Waals surface area contributed by atoms with Crippen LogP contribution in [0.4, 0.5) is 0 Å². The summed E-state index contributed by atoms with van der Waals surface area (Å²) in [5, 5.41) is 0. The van der Waals surface area contributed by atoms with E-state index in [-0.39, 0.29) is 5.41 Å². The Bertz CT molecular complexity index is 564. The van der Waals surface area contributed by atoms with Crippen molar-refractivity contribution in [2.24, 2.45) is 5.73 Å². The first-order valence-electron chi connectivity index (χ1n) is 6.80. The number of rotatable bonds is 3. The van der Waals surface area contributed by atoms with Crippen molar-refractivity contribution < 1.29 is 0 Å². The molecule has 3 nitrogen and oxygen atoms in total. The van der Waals surface area contributed by atoms with E-state index < -0.39 is 0 Å². The Kier molecular flexibility index (Phi) is 2.67. The van der Waals surface area contributed by atoms with Crippen LogP contribution in [0, 0.1) is 0 Å². The summed E-state index contributed by atoms with van der Waals surface area (Å²) in [7, 11) is 0. The molecular formula is C15H21N3.